The van der Waals surface area contributed by atoms with Gasteiger partial charge >= 0.3 is 5.97 Å². The maximum absolute atomic E-state index is 11.5. The van der Waals surface area contributed by atoms with Crippen LogP contribution in [0.3, 0.4) is 0 Å². The maximum atomic E-state index is 11.5. The molecule has 6 heteroatoms. The lowest BCUT2D eigenvalue weighted by Gasteiger charge is -2.09. The quantitative estimate of drug-likeness (QED) is 0.807. The van der Waals surface area contributed by atoms with Crippen molar-refractivity contribution in [3.63, 3.8) is 0 Å². The Morgan fingerprint density at radius 1 is 1.42 bits per heavy atom. The summed E-state index contributed by atoms with van der Waals surface area (Å²) >= 11 is 5.93. The SMILES string of the molecule is CCCCC(=O)Nc1ccc(OCC(=O)O)c(Cl)c1. The highest BCUT2D eigenvalue weighted by atomic mass is 35.5. The molecular formula is C13H16ClNO4. The van der Waals surface area contributed by atoms with E-state index in [9.17, 15) is 9.59 Å². The van der Waals surface area contributed by atoms with Crippen LogP contribution in [0, 0.1) is 0 Å². The molecule has 2 N–H and O–H groups in total. The fourth-order valence-electron chi connectivity index (χ4n) is 1.40. The van der Waals surface area contributed by atoms with Crippen molar-refractivity contribution in [2.24, 2.45) is 0 Å². The van der Waals surface area contributed by atoms with E-state index in [0.29, 0.717) is 12.1 Å². The van der Waals surface area contributed by atoms with Crippen LogP contribution in [-0.4, -0.2) is 23.6 Å². The second kappa shape index (κ2) is 7.63. The number of halogens is 1. The molecule has 0 fully saturated rings. The molecule has 1 rings (SSSR count). The maximum Gasteiger partial charge on any atom is 0.341 e. The summed E-state index contributed by atoms with van der Waals surface area (Å²) < 4.78 is 4.98. The normalized spacial score (nSPS) is 10.0. The molecule has 19 heavy (non-hydrogen) atoms. The van der Waals surface area contributed by atoms with E-state index in [1.54, 1.807) is 6.07 Å². The van der Waals surface area contributed by atoms with Gasteiger partial charge in [-0.1, -0.05) is 24.9 Å². The molecule has 5 nitrogen and oxygen atoms in total. The van der Waals surface area contributed by atoms with Gasteiger partial charge in [-0.05, 0) is 24.6 Å². The van der Waals surface area contributed by atoms with Crippen LogP contribution in [0.15, 0.2) is 18.2 Å². The van der Waals surface area contributed by atoms with Crippen LogP contribution in [0.1, 0.15) is 26.2 Å². The van der Waals surface area contributed by atoms with Gasteiger partial charge in [-0.2, -0.15) is 0 Å². The Hall–Kier alpha value is -1.75. The minimum atomic E-state index is -1.08. The molecule has 1 amide bonds. The first kappa shape index (κ1) is 15.3. The number of amides is 1. The molecule has 0 saturated carbocycles. The van der Waals surface area contributed by atoms with Gasteiger partial charge in [0.2, 0.25) is 5.91 Å². The van der Waals surface area contributed by atoms with Crippen molar-refractivity contribution in [2.75, 3.05) is 11.9 Å². The molecular weight excluding hydrogens is 270 g/mol. The van der Waals surface area contributed by atoms with Crippen LogP contribution < -0.4 is 10.1 Å². The van der Waals surface area contributed by atoms with E-state index in [0.717, 1.165) is 12.8 Å². The zero-order chi connectivity index (χ0) is 14.3. The summed E-state index contributed by atoms with van der Waals surface area (Å²) in [5.41, 5.74) is 0.564. The Kier molecular flexibility index (Phi) is 6.15. The minimum absolute atomic E-state index is 0.0721. The lowest BCUT2D eigenvalue weighted by atomic mass is 10.2. The van der Waals surface area contributed by atoms with E-state index >= 15 is 0 Å². The summed E-state index contributed by atoms with van der Waals surface area (Å²) in [4.78, 5) is 21.9. The summed E-state index contributed by atoms with van der Waals surface area (Å²) in [6, 6.07) is 4.68. The van der Waals surface area contributed by atoms with E-state index in [1.807, 2.05) is 6.92 Å². The van der Waals surface area contributed by atoms with Gasteiger partial charge in [0.25, 0.3) is 0 Å². The van der Waals surface area contributed by atoms with Crippen molar-refractivity contribution in [3.8, 4) is 5.75 Å². The van der Waals surface area contributed by atoms with Gasteiger partial charge in [-0.15, -0.1) is 0 Å². The number of benzene rings is 1. The first-order valence-corrected chi connectivity index (χ1v) is 6.34. The molecule has 0 aliphatic carbocycles. The van der Waals surface area contributed by atoms with Crippen molar-refractivity contribution >= 4 is 29.2 Å². The molecule has 1 aromatic carbocycles. The number of ether oxygens (including phenoxy) is 1. The second-order valence-corrected chi connectivity index (χ2v) is 4.39. The number of carbonyl (C=O) groups excluding carboxylic acids is 1. The van der Waals surface area contributed by atoms with Crippen LogP contribution in [0.2, 0.25) is 5.02 Å². The molecule has 0 aliphatic rings. The van der Waals surface area contributed by atoms with Gasteiger partial charge in [0, 0.05) is 12.1 Å². The smallest absolute Gasteiger partial charge is 0.341 e. The van der Waals surface area contributed by atoms with Gasteiger partial charge in [-0.25, -0.2) is 4.79 Å². The second-order valence-electron chi connectivity index (χ2n) is 3.98. The summed E-state index contributed by atoms with van der Waals surface area (Å²) in [5, 5.41) is 11.5. The van der Waals surface area contributed by atoms with Crippen molar-refractivity contribution in [2.45, 2.75) is 26.2 Å². The summed E-state index contributed by atoms with van der Waals surface area (Å²) in [7, 11) is 0. The molecule has 0 heterocycles. The monoisotopic (exact) mass is 285 g/mol. The van der Waals surface area contributed by atoms with Gasteiger partial charge in [0.1, 0.15) is 5.75 Å². The molecule has 0 atom stereocenters. The lowest BCUT2D eigenvalue weighted by Crippen LogP contribution is -2.11. The fourth-order valence-corrected chi connectivity index (χ4v) is 1.63. The topological polar surface area (TPSA) is 75.6 Å². The molecule has 0 aliphatic heterocycles. The van der Waals surface area contributed by atoms with E-state index in [1.165, 1.54) is 12.1 Å². The highest BCUT2D eigenvalue weighted by Crippen LogP contribution is 2.27. The third kappa shape index (κ3) is 5.61. The Balaban J connectivity index is 2.60. The fraction of sp³-hybridized carbons (Fsp3) is 0.385. The molecule has 0 radical (unpaired) electrons. The van der Waals surface area contributed by atoms with Crippen LogP contribution in [-0.2, 0) is 9.59 Å². The predicted octanol–water partition coefficient (Wildman–Crippen LogP) is 2.93. The number of carbonyl (C=O) groups is 2. The van der Waals surface area contributed by atoms with Crippen LogP contribution in [0.4, 0.5) is 5.69 Å². The zero-order valence-corrected chi connectivity index (χ0v) is 11.4. The third-order valence-corrected chi connectivity index (χ3v) is 2.62. The average molecular weight is 286 g/mol. The van der Waals surface area contributed by atoms with E-state index in [4.69, 9.17) is 21.4 Å². The zero-order valence-electron chi connectivity index (χ0n) is 10.6. The Bertz CT molecular complexity index is 462. The number of carboxylic acids is 1. The largest absolute Gasteiger partial charge is 0.480 e. The molecule has 0 unspecified atom stereocenters. The van der Waals surface area contributed by atoms with Gasteiger partial charge in [0.15, 0.2) is 6.61 Å². The number of anilines is 1. The summed E-state index contributed by atoms with van der Waals surface area (Å²) in [6.07, 6.45) is 2.25. The van der Waals surface area contributed by atoms with Crippen LogP contribution in [0.5, 0.6) is 5.75 Å². The van der Waals surface area contributed by atoms with Crippen LogP contribution >= 0.6 is 11.6 Å². The Morgan fingerprint density at radius 2 is 2.16 bits per heavy atom. The van der Waals surface area contributed by atoms with Gasteiger partial charge < -0.3 is 15.2 Å². The molecule has 1 aromatic rings. The minimum Gasteiger partial charge on any atom is -0.480 e. The number of hydrogen-bond donors (Lipinski definition) is 2. The molecule has 0 spiro atoms. The standard InChI is InChI=1S/C13H16ClNO4/c1-2-3-4-12(16)15-9-5-6-11(10(14)7-9)19-8-13(17)18/h5-7H,2-4,8H2,1H3,(H,15,16)(H,17,18). The lowest BCUT2D eigenvalue weighted by molar-refractivity contribution is -0.139. The summed E-state index contributed by atoms with van der Waals surface area (Å²) in [6.45, 7) is 1.56. The summed E-state index contributed by atoms with van der Waals surface area (Å²) in [5.74, 6) is -0.874. The van der Waals surface area contributed by atoms with Crippen molar-refractivity contribution in [3.05, 3.63) is 23.2 Å². The van der Waals surface area contributed by atoms with E-state index < -0.39 is 12.6 Å². The average Bonchev–Trinajstić information content (AvgIpc) is 2.35. The van der Waals surface area contributed by atoms with E-state index in [-0.39, 0.29) is 16.7 Å². The van der Waals surface area contributed by atoms with Crippen molar-refractivity contribution < 1.29 is 19.4 Å². The van der Waals surface area contributed by atoms with Gasteiger partial charge in [0.05, 0.1) is 5.02 Å². The number of hydrogen-bond acceptors (Lipinski definition) is 3. The molecule has 0 saturated heterocycles. The number of unbranched alkanes of at least 4 members (excludes halogenated alkanes) is 1. The predicted molar refractivity (Wildman–Crippen MR) is 72.7 cm³/mol. The highest BCUT2D eigenvalue weighted by Gasteiger charge is 2.07. The van der Waals surface area contributed by atoms with Crippen LogP contribution in [0.25, 0.3) is 0 Å². The van der Waals surface area contributed by atoms with Gasteiger partial charge in [-0.3, -0.25) is 4.79 Å². The Morgan fingerprint density at radius 3 is 2.74 bits per heavy atom. The molecule has 0 bridgehead atoms. The van der Waals surface area contributed by atoms with Crippen molar-refractivity contribution in [1.29, 1.82) is 0 Å². The first-order chi connectivity index (χ1) is 9.02. The first-order valence-electron chi connectivity index (χ1n) is 5.97. The molecule has 104 valence electrons. The third-order valence-electron chi connectivity index (χ3n) is 2.32. The number of nitrogens with one attached hydrogen (secondary N) is 1. The highest BCUT2D eigenvalue weighted by molar-refractivity contribution is 6.32. The molecule has 0 aromatic heterocycles. The number of rotatable bonds is 7. The number of aliphatic carboxylic acids is 1. The van der Waals surface area contributed by atoms with E-state index in [2.05, 4.69) is 5.32 Å². The Labute approximate surface area is 116 Å². The van der Waals surface area contributed by atoms with Crippen molar-refractivity contribution in [1.82, 2.24) is 0 Å². The number of carboxylic acid groups (broad SMARTS) is 1.